The molecular weight excluding hydrogens is 470 g/mol. The Balaban J connectivity index is 1.42. The first kappa shape index (κ1) is 25.0. The first-order chi connectivity index (χ1) is 18.4. The Hall–Kier alpha value is -4.64. The van der Waals surface area contributed by atoms with Crippen LogP contribution in [0.5, 0.6) is 0 Å². The van der Waals surface area contributed by atoms with Crippen LogP contribution < -0.4 is 5.32 Å². The minimum atomic E-state index is -1.07. The maximum Gasteiger partial charge on any atom is 0.263 e. The first-order valence-corrected chi connectivity index (χ1v) is 12.7. The molecule has 4 aromatic carbocycles. The van der Waals surface area contributed by atoms with Crippen LogP contribution in [-0.4, -0.2) is 28.7 Å². The van der Waals surface area contributed by atoms with E-state index >= 15 is 0 Å². The highest BCUT2D eigenvalue weighted by Crippen LogP contribution is 2.38. The summed E-state index contributed by atoms with van der Waals surface area (Å²) in [6, 6.07) is 36.8. The van der Waals surface area contributed by atoms with E-state index in [2.05, 4.69) is 11.9 Å². The van der Waals surface area contributed by atoms with Crippen molar-refractivity contribution in [1.29, 1.82) is 0 Å². The molecule has 38 heavy (non-hydrogen) atoms. The van der Waals surface area contributed by atoms with Gasteiger partial charge in [0, 0.05) is 12.6 Å². The van der Waals surface area contributed by atoms with Gasteiger partial charge in [-0.3, -0.25) is 14.5 Å². The molecule has 0 unspecified atom stereocenters. The molecule has 5 rings (SSSR count). The zero-order valence-electron chi connectivity index (χ0n) is 21.7. The number of carbonyl (C=O) groups is 2. The Morgan fingerprint density at radius 3 is 2.00 bits per heavy atom. The number of rotatable bonds is 7. The van der Waals surface area contributed by atoms with Gasteiger partial charge in [-0.15, -0.1) is 0 Å². The summed E-state index contributed by atoms with van der Waals surface area (Å²) in [5, 5.41) is 3.42. The molecule has 1 N–H and O–H groups in total. The predicted molar refractivity (Wildman–Crippen MR) is 150 cm³/mol. The van der Waals surface area contributed by atoms with Gasteiger partial charge in [0.2, 0.25) is 0 Å². The number of hydrogen-bond acceptors (Lipinski definition) is 3. The van der Waals surface area contributed by atoms with Gasteiger partial charge >= 0.3 is 0 Å². The van der Waals surface area contributed by atoms with Crippen molar-refractivity contribution in [3.8, 4) is 0 Å². The second kappa shape index (κ2) is 10.4. The second-order valence-electron chi connectivity index (χ2n) is 9.65. The Morgan fingerprint density at radius 2 is 1.42 bits per heavy atom. The van der Waals surface area contributed by atoms with Gasteiger partial charge in [0.25, 0.3) is 11.8 Å². The molecule has 1 fully saturated rings. The van der Waals surface area contributed by atoms with E-state index in [0.29, 0.717) is 17.9 Å². The van der Waals surface area contributed by atoms with Crippen molar-refractivity contribution >= 4 is 11.8 Å². The molecule has 1 heterocycles. The van der Waals surface area contributed by atoms with Crippen molar-refractivity contribution in [1.82, 2.24) is 15.1 Å². The van der Waals surface area contributed by atoms with E-state index in [9.17, 15) is 9.59 Å². The molecule has 0 bridgehead atoms. The van der Waals surface area contributed by atoms with E-state index in [1.807, 2.05) is 129 Å². The fourth-order valence-corrected chi connectivity index (χ4v) is 5.08. The van der Waals surface area contributed by atoms with Gasteiger partial charge in [-0.2, -0.15) is 0 Å². The number of nitrogens with zero attached hydrogens (tertiary/aromatic N) is 2. The maximum atomic E-state index is 14.1. The van der Waals surface area contributed by atoms with Crippen molar-refractivity contribution in [3.05, 3.63) is 155 Å². The number of amides is 2. The molecule has 0 radical (unpaired) electrons. The molecule has 4 aromatic rings. The van der Waals surface area contributed by atoms with Crippen molar-refractivity contribution in [2.75, 3.05) is 7.05 Å². The van der Waals surface area contributed by atoms with Gasteiger partial charge in [0.1, 0.15) is 5.82 Å². The van der Waals surface area contributed by atoms with Crippen LogP contribution in [-0.2, 0) is 16.9 Å². The molecule has 1 aliphatic heterocycles. The largest absolute Gasteiger partial charge is 0.350 e. The van der Waals surface area contributed by atoms with Crippen molar-refractivity contribution in [2.45, 2.75) is 25.0 Å². The molecule has 0 aliphatic carbocycles. The molecule has 1 aliphatic rings. The lowest BCUT2D eigenvalue weighted by Crippen LogP contribution is -2.44. The third kappa shape index (κ3) is 4.48. The molecule has 1 atom stereocenters. The lowest BCUT2D eigenvalue weighted by Gasteiger charge is -2.28. The molecule has 190 valence electrons. The van der Waals surface area contributed by atoms with Crippen LogP contribution in [0, 0.1) is 0 Å². The predicted octanol–water partition coefficient (Wildman–Crippen LogP) is 5.87. The van der Waals surface area contributed by atoms with Gasteiger partial charge in [-0.05, 0) is 41.3 Å². The molecule has 0 saturated carbocycles. The van der Waals surface area contributed by atoms with Crippen LogP contribution in [0.1, 0.15) is 45.6 Å². The van der Waals surface area contributed by atoms with E-state index in [-0.39, 0.29) is 17.9 Å². The summed E-state index contributed by atoms with van der Waals surface area (Å²) in [5.74, 6) is 0.344. The highest BCUT2D eigenvalue weighted by atomic mass is 16.2. The van der Waals surface area contributed by atoms with Gasteiger partial charge in [0.15, 0.2) is 5.54 Å². The van der Waals surface area contributed by atoms with Crippen LogP contribution in [0.2, 0.25) is 0 Å². The normalized spacial score (nSPS) is 15.2. The lowest BCUT2D eigenvalue weighted by molar-refractivity contribution is -0.131. The van der Waals surface area contributed by atoms with E-state index in [1.165, 1.54) is 0 Å². The Bertz CT molecular complexity index is 1410. The summed E-state index contributed by atoms with van der Waals surface area (Å²) in [6.07, 6.45) is 0. The minimum absolute atomic E-state index is 0.0733. The SMILES string of the molecule is C=C1NC(c2ccccc2)(c2ccccc2)C(=O)N1Cc1cccc(C(=O)N(C)[C@H](C)c2ccccc2)c1. The van der Waals surface area contributed by atoms with Crippen molar-refractivity contribution in [3.63, 3.8) is 0 Å². The molecular formula is C33H31N3O2. The van der Waals surface area contributed by atoms with Crippen LogP contribution in [0.4, 0.5) is 0 Å². The third-order valence-corrected chi connectivity index (χ3v) is 7.34. The summed E-state index contributed by atoms with van der Waals surface area (Å²) >= 11 is 0. The maximum absolute atomic E-state index is 14.1. The van der Waals surface area contributed by atoms with Gasteiger partial charge < -0.3 is 10.2 Å². The van der Waals surface area contributed by atoms with E-state index in [4.69, 9.17) is 0 Å². The zero-order valence-corrected chi connectivity index (χ0v) is 21.7. The number of hydrogen-bond donors (Lipinski definition) is 1. The smallest absolute Gasteiger partial charge is 0.263 e. The standard InChI is InChI=1S/C33H31N3O2/c1-24(27-15-7-4-8-16-27)35(3)31(37)28-17-13-14-26(22-28)23-36-25(2)34-33(32(36)38,29-18-9-5-10-19-29)30-20-11-6-12-21-30/h4-22,24,34H,2,23H2,1,3H3/t24-/m1/s1. The summed E-state index contributed by atoms with van der Waals surface area (Å²) in [5.41, 5.74) is 3.13. The molecule has 0 aromatic heterocycles. The van der Waals surface area contributed by atoms with Crippen LogP contribution in [0.15, 0.2) is 128 Å². The van der Waals surface area contributed by atoms with E-state index in [1.54, 1.807) is 9.80 Å². The number of benzene rings is 4. The minimum Gasteiger partial charge on any atom is -0.350 e. The summed E-state index contributed by atoms with van der Waals surface area (Å²) < 4.78 is 0. The summed E-state index contributed by atoms with van der Waals surface area (Å²) in [7, 11) is 1.82. The quantitative estimate of drug-likeness (QED) is 0.345. The average molecular weight is 502 g/mol. The molecule has 1 saturated heterocycles. The second-order valence-corrected chi connectivity index (χ2v) is 9.65. The summed E-state index contributed by atoms with van der Waals surface area (Å²) in [4.78, 5) is 30.9. The highest BCUT2D eigenvalue weighted by Gasteiger charge is 2.51. The summed E-state index contributed by atoms with van der Waals surface area (Å²) in [6.45, 7) is 6.50. The topological polar surface area (TPSA) is 52.7 Å². The van der Waals surface area contributed by atoms with Crippen molar-refractivity contribution in [2.24, 2.45) is 0 Å². The third-order valence-electron chi connectivity index (χ3n) is 7.34. The monoisotopic (exact) mass is 501 g/mol. The van der Waals surface area contributed by atoms with Crippen LogP contribution in [0.3, 0.4) is 0 Å². The molecule has 5 heteroatoms. The van der Waals surface area contributed by atoms with Crippen LogP contribution >= 0.6 is 0 Å². The first-order valence-electron chi connectivity index (χ1n) is 12.7. The number of carbonyl (C=O) groups excluding carboxylic acids is 2. The highest BCUT2D eigenvalue weighted by molar-refractivity contribution is 5.96. The fraction of sp³-hybridized carbons (Fsp3) is 0.152. The van der Waals surface area contributed by atoms with Gasteiger partial charge in [0.05, 0.1) is 12.6 Å². The van der Waals surface area contributed by atoms with Gasteiger partial charge in [-0.25, -0.2) is 0 Å². The molecule has 2 amide bonds. The Kier molecular flexibility index (Phi) is 6.84. The zero-order chi connectivity index (χ0) is 26.7. The van der Waals surface area contributed by atoms with E-state index in [0.717, 1.165) is 22.3 Å². The average Bonchev–Trinajstić information content (AvgIpc) is 3.23. The fourth-order valence-electron chi connectivity index (χ4n) is 5.08. The van der Waals surface area contributed by atoms with E-state index < -0.39 is 5.54 Å². The van der Waals surface area contributed by atoms with Crippen molar-refractivity contribution < 1.29 is 9.59 Å². The Labute approximate surface area is 224 Å². The van der Waals surface area contributed by atoms with Gasteiger partial charge in [-0.1, -0.05) is 110 Å². The Morgan fingerprint density at radius 1 is 0.868 bits per heavy atom. The molecule has 5 nitrogen and oxygen atoms in total. The molecule has 0 spiro atoms. The van der Waals surface area contributed by atoms with Crippen LogP contribution in [0.25, 0.3) is 0 Å². The number of nitrogens with one attached hydrogen (secondary N) is 1. The lowest BCUT2D eigenvalue weighted by atomic mass is 9.82.